The van der Waals surface area contributed by atoms with Crippen LogP contribution < -0.4 is 5.73 Å². The van der Waals surface area contributed by atoms with E-state index in [9.17, 15) is 8.42 Å². The van der Waals surface area contributed by atoms with Crippen molar-refractivity contribution in [1.82, 2.24) is 0 Å². The Kier molecular flexibility index (Phi) is 2.70. The molecule has 0 aliphatic carbocycles. The van der Waals surface area contributed by atoms with Crippen LogP contribution >= 0.6 is 0 Å². The predicted octanol–water partition coefficient (Wildman–Crippen LogP) is 0.241. The van der Waals surface area contributed by atoms with Gasteiger partial charge in [0.2, 0.25) is 0 Å². The van der Waals surface area contributed by atoms with Gasteiger partial charge in [-0.3, -0.25) is 0 Å². The van der Waals surface area contributed by atoms with Crippen LogP contribution in [0.4, 0.5) is 0 Å². The summed E-state index contributed by atoms with van der Waals surface area (Å²) in [5.41, 5.74) is 5.64. The van der Waals surface area contributed by atoms with Crippen molar-refractivity contribution in [3.8, 4) is 0 Å². The van der Waals surface area contributed by atoms with Crippen molar-refractivity contribution in [3.63, 3.8) is 0 Å². The minimum Gasteiger partial charge on any atom is -0.401 e. The Morgan fingerprint density at radius 2 is 2.11 bits per heavy atom. The lowest BCUT2D eigenvalue weighted by Crippen LogP contribution is -1.99. The van der Waals surface area contributed by atoms with Crippen LogP contribution in [0.2, 0.25) is 0 Å². The summed E-state index contributed by atoms with van der Waals surface area (Å²) in [6.07, 6.45) is 1.70. The van der Waals surface area contributed by atoms with Gasteiger partial charge in [0.1, 0.15) is 0 Å². The number of allylic oxidation sites excluding steroid dienone is 1. The summed E-state index contributed by atoms with van der Waals surface area (Å²) >= 11 is 0. The van der Waals surface area contributed by atoms with E-state index in [-0.39, 0.29) is 0 Å². The average molecular weight is 149 g/mol. The largest absolute Gasteiger partial charge is 0.401 e. The van der Waals surface area contributed by atoms with E-state index in [0.717, 1.165) is 11.7 Å². The molecule has 0 saturated heterocycles. The Labute approximate surface area is 55.5 Å². The lowest BCUT2D eigenvalue weighted by atomic mass is 10.4. The Morgan fingerprint density at radius 1 is 1.67 bits per heavy atom. The Balaban J connectivity index is 4.32. The topological polar surface area (TPSA) is 60.2 Å². The third kappa shape index (κ3) is 5.36. The minimum absolute atomic E-state index is 0.400. The second-order valence-corrected chi connectivity index (χ2v) is 3.77. The smallest absolute Gasteiger partial charge is 0.170 e. The first kappa shape index (κ1) is 8.49. The molecule has 0 aliphatic heterocycles. The van der Waals surface area contributed by atoms with Crippen LogP contribution in [0, 0.1) is 0 Å². The molecule has 0 unspecified atom stereocenters. The summed E-state index contributed by atoms with van der Waals surface area (Å²) in [6.45, 7) is 1.80. The van der Waals surface area contributed by atoms with E-state index in [0.29, 0.717) is 12.1 Å². The van der Waals surface area contributed by atoms with Crippen LogP contribution in [0.15, 0.2) is 11.1 Å². The Bertz CT molecular complexity index is 203. The molecular formula is C5H11NO2S. The molecule has 0 aromatic rings. The molecular weight excluding hydrogens is 138 g/mol. The molecule has 0 bridgehead atoms. The van der Waals surface area contributed by atoms with E-state index < -0.39 is 9.84 Å². The summed E-state index contributed by atoms with van der Waals surface area (Å²) in [5.74, 6) is 0. The number of hydrogen-bond donors (Lipinski definition) is 1. The predicted molar refractivity (Wildman–Crippen MR) is 37.4 cm³/mol. The molecule has 0 amide bonds. The summed E-state index contributed by atoms with van der Waals surface area (Å²) in [4.78, 5) is 0. The third-order valence-electron chi connectivity index (χ3n) is 0.774. The van der Waals surface area contributed by atoms with Crippen molar-refractivity contribution in [1.29, 1.82) is 0 Å². The van der Waals surface area contributed by atoms with Gasteiger partial charge in [-0.15, -0.1) is 0 Å². The molecule has 0 spiro atoms. The fourth-order valence-corrected chi connectivity index (χ4v) is 1.07. The van der Waals surface area contributed by atoms with E-state index in [1.165, 1.54) is 0 Å². The van der Waals surface area contributed by atoms with Gasteiger partial charge in [0.05, 0.1) is 0 Å². The van der Waals surface area contributed by atoms with Crippen LogP contribution in [0.5, 0.6) is 0 Å². The zero-order valence-corrected chi connectivity index (χ0v) is 6.40. The van der Waals surface area contributed by atoms with Gasteiger partial charge in [-0.05, 0) is 6.42 Å². The van der Waals surface area contributed by atoms with E-state index in [4.69, 9.17) is 5.73 Å². The molecule has 3 nitrogen and oxygen atoms in total. The van der Waals surface area contributed by atoms with Crippen LogP contribution in [0.25, 0.3) is 0 Å². The molecule has 0 heterocycles. The normalized spacial score (nSPS) is 13.8. The van der Waals surface area contributed by atoms with Crippen LogP contribution in [-0.4, -0.2) is 14.7 Å². The number of rotatable bonds is 2. The van der Waals surface area contributed by atoms with Gasteiger partial charge < -0.3 is 5.73 Å². The zero-order chi connectivity index (χ0) is 7.49. The molecule has 0 atom stereocenters. The molecule has 4 heteroatoms. The third-order valence-corrected chi connectivity index (χ3v) is 1.50. The lowest BCUT2D eigenvalue weighted by Gasteiger charge is -1.91. The molecule has 0 fully saturated rings. The zero-order valence-electron chi connectivity index (χ0n) is 5.59. The Hall–Kier alpha value is -0.510. The van der Waals surface area contributed by atoms with Crippen molar-refractivity contribution < 1.29 is 8.42 Å². The summed E-state index contributed by atoms with van der Waals surface area (Å²) < 4.78 is 20.9. The number of hydrogen-bond acceptors (Lipinski definition) is 3. The Morgan fingerprint density at radius 3 is 2.22 bits per heavy atom. The molecule has 0 aromatic carbocycles. The monoisotopic (exact) mass is 149 g/mol. The molecule has 2 N–H and O–H groups in total. The van der Waals surface area contributed by atoms with E-state index in [1.807, 2.05) is 0 Å². The highest BCUT2D eigenvalue weighted by atomic mass is 32.2. The highest BCUT2D eigenvalue weighted by Gasteiger charge is 1.95. The van der Waals surface area contributed by atoms with Gasteiger partial charge in [-0.1, -0.05) is 6.92 Å². The van der Waals surface area contributed by atoms with E-state index in [2.05, 4.69) is 0 Å². The first-order valence-electron chi connectivity index (χ1n) is 2.62. The van der Waals surface area contributed by atoms with Crippen molar-refractivity contribution in [2.24, 2.45) is 5.73 Å². The fraction of sp³-hybridized carbons (Fsp3) is 0.600. The molecule has 0 aliphatic rings. The van der Waals surface area contributed by atoms with E-state index >= 15 is 0 Å². The van der Waals surface area contributed by atoms with Gasteiger partial charge in [-0.25, -0.2) is 8.42 Å². The van der Waals surface area contributed by atoms with Gasteiger partial charge in [0.15, 0.2) is 9.84 Å². The minimum atomic E-state index is -3.02. The SMILES string of the molecule is CCC(N)=CS(C)(=O)=O. The summed E-state index contributed by atoms with van der Waals surface area (Å²) in [6, 6.07) is 0. The molecule has 54 valence electrons. The van der Waals surface area contributed by atoms with Crippen molar-refractivity contribution in [2.75, 3.05) is 6.26 Å². The molecule has 0 saturated carbocycles. The number of sulfone groups is 1. The van der Waals surface area contributed by atoms with Gasteiger partial charge in [0, 0.05) is 17.4 Å². The molecule has 0 aromatic heterocycles. The maximum Gasteiger partial charge on any atom is 0.170 e. The average Bonchev–Trinajstić information content (AvgIpc) is 1.62. The van der Waals surface area contributed by atoms with Gasteiger partial charge in [0.25, 0.3) is 0 Å². The van der Waals surface area contributed by atoms with Crippen LogP contribution in [0.1, 0.15) is 13.3 Å². The highest BCUT2D eigenvalue weighted by molar-refractivity contribution is 7.93. The van der Waals surface area contributed by atoms with Crippen molar-refractivity contribution >= 4 is 9.84 Å². The van der Waals surface area contributed by atoms with Crippen LogP contribution in [-0.2, 0) is 9.84 Å². The van der Waals surface area contributed by atoms with Gasteiger partial charge in [-0.2, -0.15) is 0 Å². The first-order chi connectivity index (χ1) is 3.95. The summed E-state index contributed by atoms with van der Waals surface area (Å²) in [7, 11) is -3.02. The highest BCUT2D eigenvalue weighted by Crippen LogP contribution is 1.94. The maximum atomic E-state index is 10.4. The number of nitrogens with two attached hydrogens (primary N) is 1. The van der Waals surface area contributed by atoms with Crippen molar-refractivity contribution in [2.45, 2.75) is 13.3 Å². The second-order valence-electron chi connectivity index (χ2n) is 1.88. The standard InChI is InChI=1S/C5H11NO2S/c1-3-5(6)4-9(2,7)8/h4H,3,6H2,1-2H3. The van der Waals surface area contributed by atoms with Gasteiger partial charge >= 0.3 is 0 Å². The molecule has 0 radical (unpaired) electrons. The van der Waals surface area contributed by atoms with E-state index in [1.54, 1.807) is 6.92 Å². The second kappa shape index (κ2) is 2.87. The molecule has 9 heavy (non-hydrogen) atoms. The van der Waals surface area contributed by atoms with Crippen LogP contribution in [0.3, 0.4) is 0 Å². The molecule has 0 rings (SSSR count). The lowest BCUT2D eigenvalue weighted by molar-refractivity contribution is 0.609. The van der Waals surface area contributed by atoms with Crippen molar-refractivity contribution in [3.05, 3.63) is 11.1 Å². The maximum absolute atomic E-state index is 10.4. The summed E-state index contributed by atoms with van der Waals surface area (Å²) in [5, 5.41) is 1.08. The first-order valence-corrected chi connectivity index (χ1v) is 4.57. The quantitative estimate of drug-likeness (QED) is 0.612. The fourth-order valence-electron chi connectivity index (χ4n) is 0.358.